The molecule has 3 rings (SSSR count). The number of aromatic nitrogens is 4. The molecule has 3 aromatic rings. The minimum atomic E-state index is 0.469. The zero-order valence-electron chi connectivity index (χ0n) is 14.0. The third-order valence-corrected chi connectivity index (χ3v) is 4.85. The second-order valence-corrected chi connectivity index (χ2v) is 6.60. The topological polar surface area (TPSA) is 69.6 Å². The van der Waals surface area contributed by atoms with Crippen LogP contribution in [0.15, 0.2) is 30.6 Å². The number of aryl methyl sites for hydroxylation is 1. The van der Waals surface area contributed by atoms with E-state index in [-0.39, 0.29) is 0 Å². The van der Waals surface area contributed by atoms with E-state index in [1.807, 2.05) is 28.9 Å². The Labute approximate surface area is 146 Å². The number of halogens is 1. The van der Waals surface area contributed by atoms with Crippen molar-refractivity contribution in [2.75, 3.05) is 5.73 Å². The average Bonchev–Trinajstić information content (AvgIpc) is 2.94. The summed E-state index contributed by atoms with van der Waals surface area (Å²) in [6.45, 7) is 5.28. The molecule has 1 atom stereocenters. The molecular weight excluding hydrogens is 322 g/mol. The molecule has 6 heteroatoms. The van der Waals surface area contributed by atoms with Crippen LogP contribution in [0.4, 0.5) is 5.82 Å². The molecule has 1 aromatic carbocycles. The zero-order valence-corrected chi connectivity index (χ0v) is 14.8. The number of hydrogen-bond acceptors (Lipinski definition) is 4. The standard InChI is InChI=1S/C18H22ClN5/c1-3-12(2)8-9-24-18-16(17(20)21-11-22-18)15(23-24)10-13-6-4-5-7-14(13)19/h4-7,11-12H,3,8-10H2,1-2H3,(H2,20,21,22). The number of nitrogen functional groups attached to an aromatic ring is 1. The molecule has 0 fully saturated rings. The SMILES string of the molecule is CCC(C)CCn1nc(Cc2ccccc2Cl)c2c(N)ncnc21. The van der Waals surface area contributed by atoms with Gasteiger partial charge in [0.1, 0.15) is 12.1 Å². The molecule has 2 aromatic heterocycles. The molecule has 2 N–H and O–H groups in total. The molecule has 0 amide bonds. The fraction of sp³-hybridized carbons (Fsp3) is 0.389. The Morgan fingerprint density at radius 3 is 2.79 bits per heavy atom. The van der Waals surface area contributed by atoms with E-state index in [9.17, 15) is 0 Å². The van der Waals surface area contributed by atoms with Gasteiger partial charge in [-0.25, -0.2) is 14.6 Å². The van der Waals surface area contributed by atoms with Gasteiger partial charge in [-0.3, -0.25) is 0 Å². The largest absolute Gasteiger partial charge is 0.383 e. The van der Waals surface area contributed by atoms with Crippen LogP contribution in [-0.4, -0.2) is 19.7 Å². The Kier molecular flexibility index (Phi) is 5.00. The number of rotatable bonds is 6. The molecule has 0 aliphatic rings. The molecule has 0 spiro atoms. The Hall–Kier alpha value is -2.14. The molecular formula is C18H22ClN5. The van der Waals surface area contributed by atoms with E-state index in [1.165, 1.54) is 6.33 Å². The number of hydrogen-bond donors (Lipinski definition) is 1. The molecule has 24 heavy (non-hydrogen) atoms. The highest BCUT2D eigenvalue weighted by Crippen LogP contribution is 2.26. The van der Waals surface area contributed by atoms with E-state index < -0.39 is 0 Å². The Morgan fingerprint density at radius 1 is 1.25 bits per heavy atom. The Bertz CT molecular complexity index is 843. The summed E-state index contributed by atoms with van der Waals surface area (Å²) in [6.07, 6.45) is 4.33. The second kappa shape index (κ2) is 7.18. The van der Waals surface area contributed by atoms with Crippen molar-refractivity contribution in [2.24, 2.45) is 5.92 Å². The number of benzene rings is 1. The molecule has 0 saturated heterocycles. The lowest BCUT2D eigenvalue weighted by Crippen LogP contribution is -2.06. The van der Waals surface area contributed by atoms with Gasteiger partial charge in [0.15, 0.2) is 5.65 Å². The highest BCUT2D eigenvalue weighted by molar-refractivity contribution is 6.31. The lowest BCUT2D eigenvalue weighted by atomic mass is 10.1. The van der Waals surface area contributed by atoms with Crippen molar-refractivity contribution in [1.82, 2.24) is 19.7 Å². The Balaban J connectivity index is 2.00. The first-order valence-electron chi connectivity index (χ1n) is 8.29. The van der Waals surface area contributed by atoms with Gasteiger partial charge < -0.3 is 5.73 Å². The minimum absolute atomic E-state index is 0.469. The van der Waals surface area contributed by atoms with Crippen molar-refractivity contribution in [3.8, 4) is 0 Å². The molecule has 5 nitrogen and oxygen atoms in total. The van der Waals surface area contributed by atoms with Crippen LogP contribution in [0.5, 0.6) is 0 Å². The summed E-state index contributed by atoms with van der Waals surface area (Å²) in [7, 11) is 0. The fourth-order valence-electron chi connectivity index (χ4n) is 2.75. The Morgan fingerprint density at radius 2 is 2.04 bits per heavy atom. The van der Waals surface area contributed by atoms with E-state index >= 15 is 0 Å². The van der Waals surface area contributed by atoms with Crippen molar-refractivity contribution in [2.45, 2.75) is 39.7 Å². The monoisotopic (exact) mass is 343 g/mol. The van der Waals surface area contributed by atoms with Crippen LogP contribution in [0, 0.1) is 5.92 Å². The normalized spacial score (nSPS) is 12.6. The van der Waals surface area contributed by atoms with Crippen molar-refractivity contribution < 1.29 is 0 Å². The van der Waals surface area contributed by atoms with Gasteiger partial charge in [0.05, 0.1) is 11.1 Å². The van der Waals surface area contributed by atoms with Gasteiger partial charge in [-0.15, -0.1) is 0 Å². The van der Waals surface area contributed by atoms with Crippen LogP contribution < -0.4 is 5.73 Å². The summed E-state index contributed by atoms with van der Waals surface area (Å²) in [5, 5.41) is 6.33. The molecule has 126 valence electrons. The van der Waals surface area contributed by atoms with Crippen LogP contribution in [-0.2, 0) is 13.0 Å². The summed E-state index contributed by atoms with van der Waals surface area (Å²) in [4.78, 5) is 8.54. The van der Waals surface area contributed by atoms with Crippen molar-refractivity contribution in [1.29, 1.82) is 0 Å². The maximum atomic E-state index is 6.30. The van der Waals surface area contributed by atoms with Crippen molar-refractivity contribution in [3.05, 3.63) is 46.9 Å². The van der Waals surface area contributed by atoms with E-state index in [2.05, 4.69) is 23.8 Å². The summed E-state index contributed by atoms with van der Waals surface area (Å²) in [5.41, 5.74) is 8.81. The van der Waals surface area contributed by atoms with Crippen LogP contribution in [0.3, 0.4) is 0 Å². The molecule has 0 aliphatic carbocycles. The highest BCUT2D eigenvalue weighted by Gasteiger charge is 2.17. The number of nitrogens with two attached hydrogens (primary N) is 1. The predicted octanol–water partition coefficient (Wildman–Crippen LogP) is 4.09. The van der Waals surface area contributed by atoms with Crippen molar-refractivity contribution >= 4 is 28.5 Å². The first-order valence-corrected chi connectivity index (χ1v) is 8.67. The number of anilines is 1. The van der Waals surface area contributed by atoms with E-state index in [0.717, 1.165) is 46.7 Å². The van der Waals surface area contributed by atoms with Gasteiger partial charge in [-0.2, -0.15) is 5.10 Å². The minimum Gasteiger partial charge on any atom is -0.383 e. The molecule has 0 aliphatic heterocycles. The van der Waals surface area contributed by atoms with E-state index in [1.54, 1.807) is 0 Å². The summed E-state index contributed by atoms with van der Waals surface area (Å²) in [6, 6.07) is 7.79. The average molecular weight is 344 g/mol. The molecule has 0 saturated carbocycles. The first kappa shape index (κ1) is 16.7. The highest BCUT2D eigenvalue weighted by atomic mass is 35.5. The molecule has 0 radical (unpaired) electrons. The predicted molar refractivity (Wildman–Crippen MR) is 98.1 cm³/mol. The second-order valence-electron chi connectivity index (χ2n) is 6.20. The summed E-state index contributed by atoms with van der Waals surface area (Å²) < 4.78 is 1.95. The van der Waals surface area contributed by atoms with Gasteiger partial charge in [0, 0.05) is 18.0 Å². The van der Waals surface area contributed by atoms with Crippen LogP contribution in [0.25, 0.3) is 11.0 Å². The van der Waals surface area contributed by atoms with E-state index in [4.69, 9.17) is 22.4 Å². The quantitative estimate of drug-likeness (QED) is 0.731. The lowest BCUT2D eigenvalue weighted by molar-refractivity contribution is 0.452. The maximum Gasteiger partial charge on any atom is 0.163 e. The zero-order chi connectivity index (χ0) is 17.1. The van der Waals surface area contributed by atoms with Crippen LogP contribution >= 0.6 is 11.6 Å². The first-order chi connectivity index (χ1) is 11.6. The molecule has 1 unspecified atom stereocenters. The summed E-state index contributed by atoms with van der Waals surface area (Å²) in [5.74, 6) is 1.12. The van der Waals surface area contributed by atoms with E-state index in [0.29, 0.717) is 18.2 Å². The van der Waals surface area contributed by atoms with Gasteiger partial charge in [-0.1, -0.05) is 50.1 Å². The number of nitrogens with zero attached hydrogens (tertiary/aromatic N) is 4. The molecule has 2 heterocycles. The van der Waals surface area contributed by atoms with Crippen LogP contribution in [0.2, 0.25) is 5.02 Å². The molecule has 0 bridgehead atoms. The third-order valence-electron chi connectivity index (χ3n) is 4.48. The van der Waals surface area contributed by atoms with Crippen LogP contribution in [0.1, 0.15) is 37.9 Å². The van der Waals surface area contributed by atoms with Gasteiger partial charge in [0.25, 0.3) is 0 Å². The summed E-state index contributed by atoms with van der Waals surface area (Å²) >= 11 is 6.30. The maximum absolute atomic E-state index is 6.30. The smallest absolute Gasteiger partial charge is 0.163 e. The van der Waals surface area contributed by atoms with Gasteiger partial charge >= 0.3 is 0 Å². The lowest BCUT2D eigenvalue weighted by Gasteiger charge is -2.08. The van der Waals surface area contributed by atoms with Gasteiger partial charge in [0.2, 0.25) is 0 Å². The third kappa shape index (κ3) is 3.36. The fourth-order valence-corrected chi connectivity index (χ4v) is 2.96. The van der Waals surface area contributed by atoms with Gasteiger partial charge in [-0.05, 0) is 24.0 Å². The van der Waals surface area contributed by atoms with Crippen molar-refractivity contribution in [3.63, 3.8) is 0 Å². The number of fused-ring (bicyclic) bond motifs is 1.